The Kier molecular flexibility index (Phi) is 5.55. The monoisotopic (exact) mass is 316 g/mol. The van der Waals surface area contributed by atoms with Crippen LogP contribution in [0.5, 0.6) is 0 Å². The molecule has 5 heteroatoms. The fourth-order valence-corrected chi connectivity index (χ4v) is 2.16. The van der Waals surface area contributed by atoms with Crippen LogP contribution in [0.1, 0.15) is 30.1 Å². The van der Waals surface area contributed by atoms with Gasteiger partial charge in [-0.1, -0.05) is 36.7 Å². The minimum atomic E-state index is -0.278. The van der Waals surface area contributed by atoms with Crippen molar-refractivity contribution in [1.82, 2.24) is 0 Å². The molecule has 0 fully saturated rings. The van der Waals surface area contributed by atoms with E-state index in [-0.39, 0.29) is 11.8 Å². The Balaban J connectivity index is 2.15. The van der Waals surface area contributed by atoms with Gasteiger partial charge >= 0.3 is 0 Å². The number of carbonyl (C=O) groups is 2. The van der Waals surface area contributed by atoms with Crippen molar-refractivity contribution in [2.24, 2.45) is 0 Å². The lowest BCUT2D eigenvalue weighted by Gasteiger charge is -2.12. The molecule has 0 aromatic heterocycles. The van der Waals surface area contributed by atoms with Crippen molar-refractivity contribution in [3.63, 3.8) is 0 Å². The topological polar surface area (TPSA) is 58.2 Å². The molecule has 0 bridgehead atoms. The van der Waals surface area contributed by atoms with Gasteiger partial charge in [0.2, 0.25) is 5.91 Å². The molecule has 4 nitrogen and oxygen atoms in total. The van der Waals surface area contributed by atoms with Crippen LogP contribution in [0.4, 0.5) is 11.4 Å². The Morgan fingerprint density at radius 3 is 2.32 bits per heavy atom. The summed E-state index contributed by atoms with van der Waals surface area (Å²) in [6, 6.07) is 13.8. The zero-order valence-corrected chi connectivity index (χ0v) is 13.0. The maximum atomic E-state index is 12.2. The van der Waals surface area contributed by atoms with E-state index in [1.54, 1.807) is 48.5 Å². The molecule has 2 amide bonds. The van der Waals surface area contributed by atoms with Crippen molar-refractivity contribution in [3.05, 3.63) is 59.1 Å². The van der Waals surface area contributed by atoms with Crippen LogP contribution in [0, 0.1) is 0 Å². The normalized spacial score (nSPS) is 10.1. The fourth-order valence-electron chi connectivity index (χ4n) is 1.97. The van der Waals surface area contributed by atoms with E-state index in [9.17, 15) is 9.59 Å². The predicted octanol–water partition coefficient (Wildman–Crippen LogP) is 4.33. The Bertz CT molecular complexity index is 686. The van der Waals surface area contributed by atoms with Gasteiger partial charge in [0.05, 0.1) is 11.4 Å². The van der Waals surface area contributed by atoms with Crippen LogP contribution >= 0.6 is 11.6 Å². The number of hydrogen-bond acceptors (Lipinski definition) is 2. The van der Waals surface area contributed by atoms with E-state index in [4.69, 9.17) is 11.6 Å². The maximum Gasteiger partial charge on any atom is 0.255 e. The molecule has 114 valence electrons. The maximum absolute atomic E-state index is 12.2. The SMILES string of the molecule is CCCC(=O)Nc1ccccc1NC(=O)c1cccc(Cl)c1. The Morgan fingerprint density at radius 2 is 1.68 bits per heavy atom. The smallest absolute Gasteiger partial charge is 0.255 e. The van der Waals surface area contributed by atoms with Crippen molar-refractivity contribution in [3.8, 4) is 0 Å². The quantitative estimate of drug-likeness (QED) is 0.862. The number of nitrogens with one attached hydrogen (secondary N) is 2. The highest BCUT2D eigenvalue weighted by Gasteiger charge is 2.10. The van der Waals surface area contributed by atoms with Gasteiger partial charge in [-0.2, -0.15) is 0 Å². The molecule has 0 radical (unpaired) electrons. The minimum Gasteiger partial charge on any atom is -0.324 e. The van der Waals surface area contributed by atoms with Crippen molar-refractivity contribution < 1.29 is 9.59 Å². The van der Waals surface area contributed by atoms with Gasteiger partial charge in [0.25, 0.3) is 5.91 Å². The third-order valence-electron chi connectivity index (χ3n) is 3.01. The summed E-state index contributed by atoms with van der Waals surface area (Å²) < 4.78 is 0. The summed E-state index contributed by atoms with van der Waals surface area (Å²) in [7, 11) is 0. The Hall–Kier alpha value is -2.33. The lowest BCUT2D eigenvalue weighted by Crippen LogP contribution is -2.16. The first kappa shape index (κ1) is 16.0. The molecule has 0 aliphatic carbocycles. The summed E-state index contributed by atoms with van der Waals surface area (Å²) in [4.78, 5) is 24.0. The van der Waals surface area contributed by atoms with Crippen molar-refractivity contribution in [2.45, 2.75) is 19.8 Å². The summed E-state index contributed by atoms with van der Waals surface area (Å²) in [5.41, 5.74) is 1.59. The molecular formula is C17H17ClN2O2. The fraction of sp³-hybridized carbons (Fsp3) is 0.176. The van der Waals surface area contributed by atoms with Crippen LogP contribution in [0.3, 0.4) is 0 Å². The first-order valence-electron chi connectivity index (χ1n) is 7.06. The highest BCUT2D eigenvalue weighted by molar-refractivity contribution is 6.31. The van der Waals surface area contributed by atoms with Crippen LogP contribution < -0.4 is 10.6 Å². The number of benzene rings is 2. The molecule has 22 heavy (non-hydrogen) atoms. The molecule has 2 aromatic carbocycles. The van der Waals surface area contributed by atoms with Crippen molar-refractivity contribution in [2.75, 3.05) is 10.6 Å². The van der Waals surface area contributed by atoms with E-state index in [0.717, 1.165) is 6.42 Å². The first-order valence-corrected chi connectivity index (χ1v) is 7.43. The molecule has 0 unspecified atom stereocenters. The zero-order valence-electron chi connectivity index (χ0n) is 12.2. The van der Waals surface area contributed by atoms with Crippen LogP contribution in [0.25, 0.3) is 0 Å². The number of amides is 2. The van der Waals surface area contributed by atoms with E-state index in [1.165, 1.54) is 0 Å². The molecule has 0 saturated carbocycles. The number of anilines is 2. The van der Waals surface area contributed by atoms with Gasteiger partial charge in [0, 0.05) is 17.0 Å². The van der Waals surface area contributed by atoms with Crippen molar-refractivity contribution >= 4 is 34.8 Å². The van der Waals surface area contributed by atoms with E-state index in [2.05, 4.69) is 10.6 Å². The molecule has 0 aliphatic heterocycles. The molecule has 0 heterocycles. The Morgan fingerprint density at radius 1 is 1.00 bits per heavy atom. The zero-order chi connectivity index (χ0) is 15.9. The average molecular weight is 317 g/mol. The van der Waals surface area contributed by atoms with Crippen LogP contribution in [0.2, 0.25) is 5.02 Å². The molecular weight excluding hydrogens is 300 g/mol. The third kappa shape index (κ3) is 4.33. The van der Waals surface area contributed by atoms with Crippen LogP contribution in [-0.4, -0.2) is 11.8 Å². The van der Waals surface area contributed by atoms with Gasteiger partial charge in [0.15, 0.2) is 0 Å². The number of hydrogen-bond donors (Lipinski definition) is 2. The molecule has 0 saturated heterocycles. The number of halogens is 1. The first-order chi connectivity index (χ1) is 10.6. The highest BCUT2D eigenvalue weighted by atomic mass is 35.5. The van der Waals surface area contributed by atoms with Crippen LogP contribution in [0.15, 0.2) is 48.5 Å². The van der Waals surface area contributed by atoms with Gasteiger partial charge < -0.3 is 10.6 Å². The minimum absolute atomic E-state index is 0.0769. The molecule has 0 aliphatic rings. The largest absolute Gasteiger partial charge is 0.324 e. The number of para-hydroxylation sites is 2. The van der Waals surface area contributed by atoms with Crippen molar-refractivity contribution in [1.29, 1.82) is 0 Å². The number of rotatable bonds is 5. The van der Waals surface area contributed by atoms with E-state index < -0.39 is 0 Å². The molecule has 0 spiro atoms. The van der Waals surface area contributed by atoms with Crippen LogP contribution in [-0.2, 0) is 4.79 Å². The summed E-state index contributed by atoms with van der Waals surface area (Å²) in [6.45, 7) is 1.94. The second kappa shape index (κ2) is 7.61. The lowest BCUT2D eigenvalue weighted by atomic mass is 10.2. The molecule has 2 aromatic rings. The predicted molar refractivity (Wildman–Crippen MR) is 89.4 cm³/mol. The standard InChI is InChI=1S/C17H17ClN2O2/c1-2-6-16(21)19-14-9-3-4-10-15(14)20-17(22)12-7-5-8-13(18)11-12/h3-5,7-11H,2,6H2,1H3,(H,19,21)(H,20,22). The highest BCUT2D eigenvalue weighted by Crippen LogP contribution is 2.22. The summed E-state index contributed by atoms with van der Waals surface area (Å²) in [5.74, 6) is -0.355. The van der Waals surface area contributed by atoms with E-state index in [1.807, 2.05) is 6.92 Å². The Labute approximate surface area is 134 Å². The second-order valence-electron chi connectivity index (χ2n) is 4.81. The molecule has 2 N–H and O–H groups in total. The van der Waals surface area contributed by atoms with E-state index >= 15 is 0 Å². The number of carbonyl (C=O) groups excluding carboxylic acids is 2. The molecule has 2 rings (SSSR count). The lowest BCUT2D eigenvalue weighted by molar-refractivity contribution is -0.116. The second-order valence-corrected chi connectivity index (χ2v) is 5.24. The van der Waals surface area contributed by atoms with Gasteiger partial charge in [0.1, 0.15) is 0 Å². The third-order valence-corrected chi connectivity index (χ3v) is 3.25. The van der Waals surface area contributed by atoms with Gasteiger partial charge in [-0.15, -0.1) is 0 Å². The molecule has 0 atom stereocenters. The average Bonchev–Trinajstić information content (AvgIpc) is 2.49. The summed E-state index contributed by atoms with van der Waals surface area (Å²) in [5, 5.41) is 6.09. The summed E-state index contributed by atoms with van der Waals surface area (Å²) in [6.07, 6.45) is 1.21. The van der Waals surface area contributed by atoms with Gasteiger partial charge in [-0.25, -0.2) is 0 Å². The van der Waals surface area contributed by atoms with Gasteiger partial charge in [-0.05, 0) is 36.8 Å². The van der Waals surface area contributed by atoms with E-state index in [0.29, 0.717) is 28.4 Å². The van der Waals surface area contributed by atoms with Gasteiger partial charge in [-0.3, -0.25) is 9.59 Å². The summed E-state index contributed by atoms with van der Waals surface area (Å²) >= 11 is 5.89.